The van der Waals surface area contributed by atoms with Crippen molar-refractivity contribution in [1.82, 2.24) is 5.32 Å². The van der Waals surface area contributed by atoms with Crippen LogP contribution in [0.4, 0.5) is 4.39 Å². The number of phenols is 1. The monoisotopic (exact) mass is 239 g/mol. The number of rotatable bonds is 7. The highest BCUT2D eigenvalue weighted by molar-refractivity contribution is 5.32. The summed E-state index contributed by atoms with van der Waals surface area (Å²) in [5, 5.41) is 12.5. The van der Waals surface area contributed by atoms with Crippen molar-refractivity contribution in [1.29, 1.82) is 0 Å². The fourth-order valence-electron chi connectivity index (χ4n) is 1.31. The van der Waals surface area contributed by atoms with E-state index in [1.54, 1.807) is 0 Å². The van der Waals surface area contributed by atoms with Crippen molar-refractivity contribution in [3.8, 4) is 5.75 Å². The molecule has 0 aromatic heterocycles. The highest BCUT2D eigenvalue weighted by Gasteiger charge is 2.01. The first-order valence-electron chi connectivity index (χ1n) is 5.50. The van der Waals surface area contributed by atoms with Gasteiger partial charge in [-0.3, -0.25) is 0 Å². The van der Waals surface area contributed by atoms with E-state index in [1.165, 1.54) is 18.2 Å². The number of nitrogens with one attached hydrogen (secondary N) is 1. The molecule has 0 aliphatic carbocycles. The lowest BCUT2D eigenvalue weighted by molar-refractivity contribution is 0.157. The van der Waals surface area contributed by atoms with Crippen LogP contribution in [0.1, 0.15) is 12.5 Å². The molecule has 0 radical (unpaired) electrons. The molecule has 0 heterocycles. The number of aromatic hydroxyl groups is 1. The predicted octanol–water partition coefficient (Wildman–Crippen LogP) is 2.21. The molecule has 94 valence electrons. The Bertz CT molecular complexity index is 380. The van der Waals surface area contributed by atoms with Gasteiger partial charge in [0.1, 0.15) is 11.6 Å². The Hall–Kier alpha value is -1.39. The Balaban J connectivity index is 2.22. The largest absolute Gasteiger partial charge is 0.508 e. The lowest BCUT2D eigenvalue weighted by atomic mass is 10.2. The van der Waals surface area contributed by atoms with Crippen molar-refractivity contribution >= 4 is 0 Å². The molecule has 1 aromatic rings. The predicted molar refractivity (Wildman–Crippen MR) is 65.4 cm³/mol. The number of ether oxygens (including phenoxy) is 1. The molecule has 1 aromatic carbocycles. The molecule has 0 spiro atoms. The van der Waals surface area contributed by atoms with Gasteiger partial charge in [0.05, 0.1) is 13.2 Å². The SMILES string of the molecule is C=C(C)COCCNCc1cc(F)ccc1O. The Morgan fingerprint density at radius 1 is 1.53 bits per heavy atom. The van der Waals surface area contributed by atoms with E-state index in [2.05, 4.69) is 11.9 Å². The van der Waals surface area contributed by atoms with Gasteiger partial charge in [-0.15, -0.1) is 0 Å². The molecule has 0 unspecified atom stereocenters. The van der Waals surface area contributed by atoms with E-state index in [1.807, 2.05) is 6.92 Å². The molecule has 4 heteroatoms. The van der Waals surface area contributed by atoms with Crippen molar-refractivity contribution in [2.75, 3.05) is 19.8 Å². The van der Waals surface area contributed by atoms with Gasteiger partial charge in [-0.25, -0.2) is 4.39 Å². The Labute approximate surface area is 101 Å². The lowest BCUT2D eigenvalue weighted by Crippen LogP contribution is -2.19. The number of phenolic OH excluding ortho intramolecular Hbond substituents is 1. The van der Waals surface area contributed by atoms with Gasteiger partial charge in [0.2, 0.25) is 0 Å². The zero-order valence-corrected chi connectivity index (χ0v) is 10.0. The van der Waals surface area contributed by atoms with Crippen LogP contribution in [0, 0.1) is 5.82 Å². The van der Waals surface area contributed by atoms with Crippen molar-refractivity contribution in [3.05, 3.63) is 41.7 Å². The summed E-state index contributed by atoms with van der Waals surface area (Å²) in [6.07, 6.45) is 0. The summed E-state index contributed by atoms with van der Waals surface area (Å²) in [4.78, 5) is 0. The molecule has 0 aliphatic heterocycles. The van der Waals surface area contributed by atoms with Crippen LogP contribution in [0.2, 0.25) is 0 Å². The van der Waals surface area contributed by atoms with E-state index in [4.69, 9.17) is 4.74 Å². The van der Waals surface area contributed by atoms with Crippen LogP contribution < -0.4 is 5.32 Å². The van der Waals surface area contributed by atoms with Gasteiger partial charge in [0.25, 0.3) is 0 Å². The van der Waals surface area contributed by atoms with Crippen molar-refractivity contribution in [3.63, 3.8) is 0 Å². The maximum atomic E-state index is 12.9. The average Bonchev–Trinajstić information content (AvgIpc) is 2.27. The van der Waals surface area contributed by atoms with E-state index >= 15 is 0 Å². The van der Waals surface area contributed by atoms with Gasteiger partial charge in [0.15, 0.2) is 0 Å². The first-order valence-corrected chi connectivity index (χ1v) is 5.50. The van der Waals surface area contributed by atoms with Crippen LogP contribution in [-0.4, -0.2) is 24.9 Å². The summed E-state index contributed by atoms with van der Waals surface area (Å²) in [6.45, 7) is 7.79. The van der Waals surface area contributed by atoms with E-state index in [9.17, 15) is 9.50 Å². The molecule has 0 fully saturated rings. The first kappa shape index (κ1) is 13.7. The third kappa shape index (κ3) is 5.47. The summed E-state index contributed by atoms with van der Waals surface area (Å²) in [5.41, 5.74) is 1.53. The molecule has 0 saturated carbocycles. The van der Waals surface area contributed by atoms with Crippen LogP contribution >= 0.6 is 0 Å². The van der Waals surface area contributed by atoms with E-state index in [-0.39, 0.29) is 11.6 Å². The van der Waals surface area contributed by atoms with E-state index in [0.29, 0.717) is 31.9 Å². The minimum atomic E-state index is -0.349. The molecule has 17 heavy (non-hydrogen) atoms. The third-order valence-electron chi connectivity index (χ3n) is 2.13. The number of hydrogen-bond donors (Lipinski definition) is 2. The van der Waals surface area contributed by atoms with Gasteiger partial charge < -0.3 is 15.2 Å². The highest BCUT2D eigenvalue weighted by atomic mass is 19.1. The van der Waals surface area contributed by atoms with Gasteiger partial charge >= 0.3 is 0 Å². The van der Waals surface area contributed by atoms with Gasteiger partial charge in [-0.05, 0) is 25.1 Å². The fraction of sp³-hybridized carbons (Fsp3) is 0.385. The van der Waals surface area contributed by atoms with E-state index in [0.717, 1.165) is 5.57 Å². The van der Waals surface area contributed by atoms with Gasteiger partial charge in [-0.2, -0.15) is 0 Å². The maximum Gasteiger partial charge on any atom is 0.123 e. The summed E-state index contributed by atoms with van der Waals surface area (Å²) in [5.74, 6) is -0.250. The number of halogens is 1. The first-order chi connectivity index (χ1) is 8.09. The molecular formula is C13H18FNO2. The van der Waals surface area contributed by atoms with Crippen molar-refractivity contribution in [2.45, 2.75) is 13.5 Å². The Kier molecular flexibility index (Phi) is 5.66. The average molecular weight is 239 g/mol. The van der Waals surface area contributed by atoms with Crippen LogP contribution in [0.5, 0.6) is 5.75 Å². The topological polar surface area (TPSA) is 41.5 Å². The van der Waals surface area contributed by atoms with E-state index < -0.39 is 0 Å². The minimum Gasteiger partial charge on any atom is -0.508 e. The van der Waals surface area contributed by atoms with Crippen LogP contribution in [-0.2, 0) is 11.3 Å². The van der Waals surface area contributed by atoms with Crippen LogP contribution in [0.25, 0.3) is 0 Å². The normalized spacial score (nSPS) is 10.5. The van der Waals surface area contributed by atoms with Gasteiger partial charge in [-0.1, -0.05) is 12.2 Å². The minimum absolute atomic E-state index is 0.0988. The zero-order valence-electron chi connectivity index (χ0n) is 10.0. The summed E-state index contributed by atoms with van der Waals surface area (Å²) in [7, 11) is 0. The molecule has 2 N–H and O–H groups in total. The molecular weight excluding hydrogens is 221 g/mol. The Morgan fingerprint density at radius 3 is 3.00 bits per heavy atom. The van der Waals surface area contributed by atoms with Crippen LogP contribution in [0.3, 0.4) is 0 Å². The number of hydrogen-bond acceptors (Lipinski definition) is 3. The Morgan fingerprint density at radius 2 is 2.29 bits per heavy atom. The zero-order chi connectivity index (χ0) is 12.7. The second-order valence-electron chi connectivity index (χ2n) is 3.96. The molecule has 1 rings (SSSR count). The molecule has 0 atom stereocenters. The van der Waals surface area contributed by atoms with Crippen molar-refractivity contribution in [2.24, 2.45) is 0 Å². The molecule has 0 amide bonds. The summed E-state index contributed by atoms with van der Waals surface area (Å²) in [6, 6.07) is 3.90. The van der Waals surface area contributed by atoms with Crippen molar-refractivity contribution < 1.29 is 14.2 Å². The lowest BCUT2D eigenvalue weighted by Gasteiger charge is -2.07. The smallest absolute Gasteiger partial charge is 0.123 e. The second-order valence-corrected chi connectivity index (χ2v) is 3.96. The molecule has 3 nitrogen and oxygen atoms in total. The van der Waals surface area contributed by atoms with Gasteiger partial charge in [0, 0.05) is 18.7 Å². The molecule has 0 bridgehead atoms. The summed E-state index contributed by atoms with van der Waals surface area (Å²) < 4.78 is 18.2. The standard InChI is InChI=1S/C13H18FNO2/c1-10(2)9-17-6-5-15-8-11-7-12(14)3-4-13(11)16/h3-4,7,15-16H,1,5-6,8-9H2,2H3. The summed E-state index contributed by atoms with van der Waals surface area (Å²) >= 11 is 0. The van der Waals surface area contributed by atoms with Crippen LogP contribution in [0.15, 0.2) is 30.4 Å². The molecule has 0 saturated heterocycles. The third-order valence-corrected chi connectivity index (χ3v) is 2.13. The highest BCUT2D eigenvalue weighted by Crippen LogP contribution is 2.17. The maximum absolute atomic E-state index is 12.9. The quantitative estimate of drug-likeness (QED) is 0.566. The second kappa shape index (κ2) is 7.04. The fourth-order valence-corrected chi connectivity index (χ4v) is 1.31. The number of benzene rings is 1. The molecule has 0 aliphatic rings.